The molecule has 0 saturated heterocycles. The van der Waals surface area contributed by atoms with Crippen molar-refractivity contribution >= 4 is 5.91 Å². The monoisotopic (exact) mass is 236 g/mol. The van der Waals surface area contributed by atoms with Gasteiger partial charge in [-0.05, 0) is 37.5 Å². The number of benzene rings is 1. The third-order valence-electron chi connectivity index (χ3n) is 2.51. The first kappa shape index (κ1) is 13.5. The molecule has 3 N–H and O–H groups in total. The minimum Gasteiger partial charge on any atom is -0.497 e. The maximum absolute atomic E-state index is 11.2. The van der Waals surface area contributed by atoms with Crippen LogP contribution in [0.5, 0.6) is 5.75 Å². The van der Waals surface area contributed by atoms with Crippen LogP contribution in [-0.4, -0.2) is 25.6 Å². The van der Waals surface area contributed by atoms with Gasteiger partial charge in [-0.15, -0.1) is 0 Å². The van der Waals surface area contributed by atoms with Gasteiger partial charge in [0.1, 0.15) is 5.75 Å². The van der Waals surface area contributed by atoms with Gasteiger partial charge in [0.25, 0.3) is 0 Å². The summed E-state index contributed by atoms with van der Waals surface area (Å²) in [6, 6.07) is 7.51. The molecule has 4 nitrogen and oxygen atoms in total. The average Bonchev–Trinajstić information content (AvgIpc) is 2.35. The summed E-state index contributed by atoms with van der Waals surface area (Å²) in [6.07, 6.45) is 1.84. The highest BCUT2D eigenvalue weighted by molar-refractivity contribution is 5.80. The number of aryl methyl sites for hydroxylation is 1. The zero-order chi connectivity index (χ0) is 12.7. The number of ether oxygens (including phenoxy) is 1. The predicted molar refractivity (Wildman–Crippen MR) is 68.0 cm³/mol. The second-order valence-electron chi connectivity index (χ2n) is 4.03. The number of nitrogens with two attached hydrogens (primary N) is 1. The lowest BCUT2D eigenvalue weighted by Gasteiger charge is -2.07. The van der Waals surface area contributed by atoms with E-state index in [0.717, 1.165) is 18.6 Å². The molecule has 1 atom stereocenters. The van der Waals surface area contributed by atoms with Crippen molar-refractivity contribution in [3.63, 3.8) is 0 Å². The van der Waals surface area contributed by atoms with E-state index >= 15 is 0 Å². The molecule has 0 heterocycles. The molecule has 4 heteroatoms. The van der Waals surface area contributed by atoms with Crippen molar-refractivity contribution < 1.29 is 9.53 Å². The Labute approximate surface area is 102 Å². The lowest BCUT2D eigenvalue weighted by molar-refractivity contribution is -0.121. The topological polar surface area (TPSA) is 64.3 Å². The van der Waals surface area contributed by atoms with E-state index in [2.05, 4.69) is 5.32 Å². The van der Waals surface area contributed by atoms with Gasteiger partial charge < -0.3 is 15.8 Å². The molecule has 0 aliphatic carbocycles. The molecule has 0 fully saturated rings. The van der Waals surface area contributed by atoms with Crippen molar-refractivity contribution in [2.24, 2.45) is 5.73 Å². The second-order valence-corrected chi connectivity index (χ2v) is 4.03. The van der Waals surface area contributed by atoms with E-state index in [4.69, 9.17) is 10.5 Å². The summed E-state index contributed by atoms with van der Waals surface area (Å²) >= 11 is 0. The molecule has 1 aromatic rings. The Morgan fingerprint density at radius 3 is 2.59 bits per heavy atom. The summed E-state index contributed by atoms with van der Waals surface area (Å²) in [4.78, 5) is 11.2. The van der Waals surface area contributed by atoms with Crippen LogP contribution in [0.25, 0.3) is 0 Å². The second kappa shape index (κ2) is 6.91. The molecule has 94 valence electrons. The fourth-order valence-electron chi connectivity index (χ4n) is 1.46. The highest BCUT2D eigenvalue weighted by atomic mass is 16.5. The first-order chi connectivity index (χ1) is 8.13. The van der Waals surface area contributed by atoms with Crippen molar-refractivity contribution in [3.8, 4) is 5.75 Å². The highest BCUT2D eigenvalue weighted by Crippen LogP contribution is 2.12. The highest BCUT2D eigenvalue weighted by Gasteiger charge is 2.05. The number of carbonyl (C=O) groups excluding carboxylic acids is 1. The zero-order valence-electron chi connectivity index (χ0n) is 10.4. The summed E-state index contributed by atoms with van der Waals surface area (Å²) in [5.74, 6) is 0.763. The summed E-state index contributed by atoms with van der Waals surface area (Å²) in [6.45, 7) is 2.34. The van der Waals surface area contributed by atoms with Crippen LogP contribution in [0.15, 0.2) is 24.3 Å². The number of hydrogen-bond acceptors (Lipinski definition) is 3. The van der Waals surface area contributed by atoms with Crippen LogP contribution in [0, 0.1) is 0 Å². The van der Waals surface area contributed by atoms with E-state index in [1.165, 1.54) is 5.56 Å². The van der Waals surface area contributed by atoms with Gasteiger partial charge in [0.2, 0.25) is 5.91 Å². The normalized spacial score (nSPS) is 11.9. The van der Waals surface area contributed by atoms with E-state index < -0.39 is 6.04 Å². The molecule has 1 amide bonds. The van der Waals surface area contributed by atoms with Crippen LogP contribution < -0.4 is 15.8 Å². The Bertz CT molecular complexity index is 347. The Balaban J connectivity index is 2.24. The molecule has 0 aliphatic heterocycles. The van der Waals surface area contributed by atoms with E-state index in [-0.39, 0.29) is 5.91 Å². The number of rotatable bonds is 6. The molecule has 1 rings (SSSR count). The Morgan fingerprint density at radius 1 is 1.41 bits per heavy atom. The standard InChI is InChI=1S/C13H20N2O2/c1-10(14)13(16)15-9-3-4-11-5-7-12(17-2)8-6-11/h5-8,10H,3-4,9,14H2,1-2H3,(H,15,16)/t10-/m0/s1. The summed E-state index contributed by atoms with van der Waals surface area (Å²) in [5.41, 5.74) is 6.67. The lowest BCUT2D eigenvalue weighted by Crippen LogP contribution is -2.38. The maximum atomic E-state index is 11.2. The van der Waals surface area contributed by atoms with E-state index in [1.807, 2.05) is 24.3 Å². The average molecular weight is 236 g/mol. The van der Waals surface area contributed by atoms with Gasteiger partial charge in [0, 0.05) is 6.54 Å². The van der Waals surface area contributed by atoms with Crippen LogP contribution in [0.4, 0.5) is 0 Å². The zero-order valence-corrected chi connectivity index (χ0v) is 10.4. The Kier molecular flexibility index (Phi) is 5.49. The molecule has 1 aromatic carbocycles. The minimum absolute atomic E-state index is 0.0975. The largest absolute Gasteiger partial charge is 0.497 e. The molecule has 0 bridgehead atoms. The third-order valence-corrected chi connectivity index (χ3v) is 2.51. The molecule has 17 heavy (non-hydrogen) atoms. The van der Waals surface area contributed by atoms with Crippen molar-refractivity contribution in [2.45, 2.75) is 25.8 Å². The van der Waals surface area contributed by atoms with Gasteiger partial charge in [-0.25, -0.2) is 0 Å². The molecule has 0 unspecified atom stereocenters. The van der Waals surface area contributed by atoms with Gasteiger partial charge >= 0.3 is 0 Å². The van der Waals surface area contributed by atoms with Gasteiger partial charge in [-0.2, -0.15) is 0 Å². The summed E-state index contributed by atoms with van der Waals surface area (Å²) < 4.78 is 5.08. The molecule has 0 aromatic heterocycles. The first-order valence-electron chi connectivity index (χ1n) is 5.79. The van der Waals surface area contributed by atoms with Crippen molar-refractivity contribution in [1.29, 1.82) is 0 Å². The third kappa shape index (κ3) is 4.87. The predicted octanol–water partition coefficient (Wildman–Crippen LogP) is 1.09. The van der Waals surface area contributed by atoms with Gasteiger partial charge in [0.05, 0.1) is 13.2 Å². The van der Waals surface area contributed by atoms with Crippen LogP contribution in [-0.2, 0) is 11.2 Å². The summed E-state index contributed by atoms with van der Waals surface area (Å²) in [7, 11) is 1.65. The van der Waals surface area contributed by atoms with Crippen LogP contribution in [0.2, 0.25) is 0 Å². The van der Waals surface area contributed by atoms with Gasteiger partial charge in [0.15, 0.2) is 0 Å². The molecular weight excluding hydrogens is 216 g/mol. The van der Waals surface area contributed by atoms with Crippen molar-refractivity contribution in [3.05, 3.63) is 29.8 Å². The smallest absolute Gasteiger partial charge is 0.236 e. The van der Waals surface area contributed by atoms with Crippen molar-refractivity contribution in [1.82, 2.24) is 5.32 Å². The van der Waals surface area contributed by atoms with Crippen molar-refractivity contribution in [2.75, 3.05) is 13.7 Å². The number of hydrogen-bond donors (Lipinski definition) is 2. The number of carbonyl (C=O) groups is 1. The first-order valence-corrected chi connectivity index (χ1v) is 5.79. The van der Waals surface area contributed by atoms with Gasteiger partial charge in [-0.1, -0.05) is 12.1 Å². The fourth-order valence-corrected chi connectivity index (χ4v) is 1.46. The SMILES string of the molecule is COc1ccc(CCCNC(=O)[C@H](C)N)cc1. The molecule has 0 aliphatic rings. The number of methoxy groups -OCH3 is 1. The molecule has 0 saturated carbocycles. The summed E-state index contributed by atoms with van der Waals surface area (Å²) in [5, 5.41) is 2.79. The Hall–Kier alpha value is -1.55. The maximum Gasteiger partial charge on any atom is 0.236 e. The van der Waals surface area contributed by atoms with Crippen LogP contribution in [0.1, 0.15) is 18.9 Å². The quantitative estimate of drug-likeness (QED) is 0.727. The fraction of sp³-hybridized carbons (Fsp3) is 0.462. The Morgan fingerprint density at radius 2 is 2.06 bits per heavy atom. The minimum atomic E-state index is -0.434. The van der Waals surface area contributed by atoms with E-state index in [9.17, 15) is 4.79 Å². The molecular formula is C13H20N2O2. The van der Waals surface area contributed by atoms with Crippen LogP contribution >= 0.6 is 0 Å². The number of amides is 1. The number of nitrogens with one attached hydrogen (secondary N) is 1. The lowest BCUT2D eigenvalue weighted by atomic mass is 10.1. The molecule has 0 radical (unpaired) electrons. The van der Waals surface area contributed by atoms with E-state index in [1.54, 1.807) is 14.0 Å². The van der Waals surface area contributed by atoms with Gasteiger partial charge in [-0.3, -0.25) is 4.79 Å². The van der Waals surface area contributed by atoms with E-state index in [0.29, 0.717) is 6.54 Å². The van der Waals surface area contributed by atoms with Crippen LogP contribution in [0.3, 0.4) is 0 Å². The molecule has 0 spiro atoms.